The summed E-state index contributed by atoms with van der Waals surface area (Å²) in [5.74, 6) is 3.29. The van der Waals surface area contributed by atoms with E-state index in [0.717, 1.165) is 16.9 Å². The van der Waals surface area contributed by atoms with Crippen LogP contribution in [-0.2, 0) is 6.61 Å². The van der Waals surface area contributed by atoms with Gasteiger partial charge < -0.3 is 24.1 Å². The third kappa shape index (κ3) is 3.55. The van der Waals surface area contributed by atoms with Crippen LogP contribution in [0.4, 0.5) is 5.69 Å². The van der Waals surface area contributed by atoms with E-state index >= 15 is 0 Å². The van der Waals surface area contributed by atoms with Crippen molar-refractivity contribution in [1.29, 1.82) is 0 Å². The molecule has 0 bridgehead atoms. The average Bonchev–Trinajstić information content (AvgIpc) is 3.38. The molecule has 0 saturated carbocycles. The van der Waals surface area contributed by atoms with Gasteiger partial charge in [-0.15, -0.1) is 0 Å². The topological polar surface area (TPSA) is 96.5 Å². The maximum Gasteiger partial charge on any atom is 0.293 e. The molecule has 0 aliphatic heterocycles. The van der Waals surface area contributed by atoms with Gasteiger partial charge in [0.2, 0.25) is 5.82 Å². The zero-order valence-corrected chi connectivity index (χ0v) is 15.5. The van der Waals surface area contributed by atoms with Crippen LogP contribution in [0.1, 0.15) is 11.3 Å². The van der Waals surface area contributed by atoms with Crippen LogP contribution in [0.5, 0.6) is 11.5 Å². The number of ether oxygens (including phenoxy) is 2. The van der Waals surface area contributed by atoms with Crippen molar-refractivity contribution in [3.63, 3.8) is 0 Å². The van der Waals surface area contributed by atoms with Crippen molar-refractivity contribution in [3.05, 3.63) is 65.9 Å². The molecule has 0 spiro atoms. The molecule has 2 N–H and O–H groups in total. The summed E-state index contributed by atoms with van der Waals surface area (Å²) in [4.78, 5) is 4.42. The zero-order valence-electron chi connectivity index (χ0n) is 15.5. The van der Waals surface area contributed by atoms with Gasteiger partial charge in [-0.05, 0) is 42.8 Å². The highest BCUT2D eigenvalue weighted by Gasteiger charge is 2.16. The Labute approximate surface area is 161 Å². The van der Waals surface area contributed by atoms with E-state index in [1.807, 2.05) is 55.5 Å². The Morgan fingerprint density at radius 1 is 1.04 bits per heavy atom. The number of rotatable bonds is 6. The van der Waals surface area contributed by atoms with Crippen LogP contribution in [0.2, 0.25) is 0 Å². The first kappa shape index (κ1) is 17.7. The molecule has 0 unspecified atom stereocenters. The molecule has 0 amide bonds. The molecule has 0 atom stereocenters. The summed E-state index contributed by atoms with van der Waals surface area (Å²) >= 11 is 0. The van der Waals surface area contributed by atoms with Crippen LogP contribution in [-0.4, -0.2) is 17.3 Å². The smallest absolute Gasteiger partial charge is 0.293 e. The van der Waals surface area contributed by atoms with E-state index in [2.05, 4.69) is 10.1 Å². The van der Waals surface area contributed by atoms with Crippen molar-refractivity contribution in [1.82, 2.24) is 10.1 Å². The number of furan rings is 1. The molecule has 0 radical (unpaired) electrons. The van der Waals surface area contributed by atoms with Gasteiger partial charge in [0.25, 0.3) is 5.89 Å². The van der Waals surface area contributed by atoms with Crippen molar-refractivity contribution in [2.45, 2.75) is 13.5 Å². The lowest BCUT2D eigenvalue weighted by Gasteiger charge is -2.05. The summed E-state index contributed by atoms with van der Waals surface area (Å²) in [7, 11) is 1.61. The molecule has 2 heterocycles. The van der Waals surface area contributed by atoms with Crippen molar-refractivity contribution >= 4 is 5.69 Å². The number of hydrogen-bond donors (Lipinski definition) is 1. The minimum atomic E-state index is 0.266. The lowest BCUT2D eigenvalue weighted by Crippen LogP contribution is -1.94. The number of nitrogens with zero attached hydrogens (tertiary/aromatic N) is 2. The number of methoxy groups -OCH3 is 1. The Balaban J connectivity index is 1.49. The van der Waals surface area contributed by atoms with Crippen LogP contribution in [0.25, 0.3) is 23.0 Å². The molecule has 28 heavy (non-hydrogen) atoms. The van der Waals surface area contributed by atoms with Crippen molar-refractivity contribution in [3.8, 4) is 34.5 Å². The SMILES string of the molecule is COc1cccc(OCc2ccc(-c3nc(-c4cccc(N)c4C)no3)o2)c1. The lowest BCUT2D eigenvalue weighted by molar-refractivity contribution is 0.269. The van der Waals surface area contributed by atoms with Gasteiger partial charge >= 0.3 is 0 Å². The van der Waals surface area contributed by atoms with Gasteiger partial charge in [0.05, 0.1) is 7.11 Å². The Morgan fingerprint density at radius 3 is 2.71 bits per heavy atom. The first-order valence-electron chi connectivity index (χ1n) is 8.69. The second-order valence-electron chi connectivity index (χ2n) is 6.18. The number of nitrogens with two attached hydrogens (primary N) is 1. The van der Waals surface area contributed by atoms with Crippen molar-refractivity contribution in [2.75, 3.05) is 12.8 Å². The average molecular weight is 377 g/mol. The van der Waals surface area contributed by atoms with Crippen LogP contribution in [0.15, 0.2) is 63.5 Å². The highest BCUT2D eigenvalue weighted by atomic mass is 16.5. The molecule has 0 saturated heterocycles. The van der Waals surface area contributed by atoms with E-state index in [-0.39, 0.29) is 6.61 Å². The van der Waals surface area contributed by atoms with Gasteiger partial charge in [-0.3, -0.25) is 0 Å². The summed E-state index contributed by atoms with van der Waals surface area (Å²) in [6.45, 7) is 2.18. The first-order chi connectivity index (χ1) is 13.6. The molecule has 0 aliphatic carbocycles. The maximum absolute atomic E-state index is 5.95. The van der Waals surface area contributed by atoms with E-state index in [1.165, 1.54) is 0 Å². The van der Waals surface area contributed by atoms with Gasteiger partial charge in [0.1, 0.15) is 23.9 Å². The van der Waals surface area contributed by atoms with Crippen molar-refractivity contribution < 1.29 is 18.4 Å². The predicted octanol–water partition coefficient (Wildman–Crippen LogP) is 4.47. The molecule has 2 aromatic carbocycles. The lowest BCUT2D eigenvalue weighted by atomic mass is 10.1. The molecule has 142 valence electrons. The van der Waals surface area contributed by atoms with E-state index in [1.54, 1.807) is 13.2 Å². The van der Waals surface area contributed by atoms with Gasteiger partial charge in [-0.2, -0.15) is 4.98 Å². The Kier molecular flexibility index (Phi) is 4.72. The fourth-order valence-electron chi connectivity index (χ4n) is 2.74. The van der Waals surface area contributed by atoms with Gasteiger partial charge in [-0.25, -0.2) is 0 Å². The maximum atomic E-state index is 5.95. The molecule has 7 nitrogen and oxygen atoms in total. The fraction of sp³-hybridized carbons (Fsp3) is 0.143. The Bertz CT molecular complexity index is 1100. The fourth-order valence-corrected chi connectivity index (χ4v) is 2.74. The second-order valence-corrected chi connectivity index (χ2v) is 6.18. The standard InChI is InChI=1S/C21H19N3O4/c1-13-17(7-4-8-18(13)22)20-23-21(28-24-20)19-10-9-16(27-19)12-26-15-6-3-5-14(11-15)25-2/h3-11H,12,22H2,1-2H3. The number of nitrogen functional groups attached to an aromatic ring is 1. The van der Waals surface area contributed by atoms with Crippen molar-refractivity contribution in [2.24, 2.45) is 0 Å². The third-order valence-corrected chi connectivity index (χ3v) is 4.34. The minimum absolute atomic E-state index is 0.266. The van der Waals surface area contributed by atoms with Crippen LogP contribution >= 0.6 is 0 Å². The van der Waals surface area contributed by atoms with E-state index in [4.69, 9.17) is 24.1 Å². The Morgan fingerprint density at radius 2 is 1.86 bits per heavy atom. The molecular formula is C21H19N3O4. The second kappa shape index (κ2) is 7.48. The Hall–Kier alpha value is -3.74. The summed E-state index contributed by atoms with van der Waals surface area (Å²) in [6.07, 6.45) is 0. The molecule has 0 fully saturated rings. The van der Waals surface area contributed by atoms with E-state index < -0.39 is 0 Å². The highest BCUT2D eigenvalue weighted by Crippen LogP contribution is 2.28. The number of hydrogen-bond acceptors (Lipinski definition) is 7. The summed E-state index contributed by atoms with van der Waals surface area (Å²) < 4.78 is 22.0. The zero-order chi connectivity index (χ0) is 19.5. The highest BCUT2D eigenvalue weighted by molar-refractivity contribution is 5.68. The van der Waals surface area contributed by atoms with E-state index in [0.29, 0.717) is 34.7 Å². The number of anilines is 1. The predicted molar refractivity (Wildman–Crippen MR) is 104 cm³/mol. The van der Waals surface area contributed by atoms with Crippen LogP contribution in [0, 0.1) is 6.92 Å². The van der Waals surface area contributed by atoms with Gasteiger partial charge in [-0.1, -0.05) is 23.4 Å². The first-order valence-corrected chi connectivity index (χ1v) is 8.69. The molecule has 4 rings (SSSR count). The van der Waals surface area contributed by atoms with Crippen LogP contribution < -0.4 is 15.2 Å². The van der Waals surface area contributed by atoms with Crippen LogP contribution in [0.3, 0.4) is 0 Å². The number of benzene rings is 2. The quantitative estimate of drug-likeness (QED) is 0.495. The largest absolute Gasteiger partial charge is 0.497 e. The van der Waals surface area contributed by atoms with E-state index in [9.17, 15) is 0 Å². The molecule has 4 aromatic rings. The normalized spacial score (nSPS) is 10.8. The molecular weight excluding hydrogens is 358 g/mol. The third-order valence-electron chi connectivity index (χ3n) is 4.34. The molecule has 2 aromatic heterocycles. The summed E-state index contributed by atoms with van der Waals surface area (Å²) in [5, 5.41) is 4.04. The summed E-state index contributed by atoms with van der Waals surface area (Å²) in [6, 6.07) is 16.5. The minimum Gasteiger partial charge on any atom is -0.497 e. The monoisotopic (exact) mass is 377 g/mol. The van der Waals surface area contributed by atoms with Gasteiger partial charge in [0.15, 0.2) is 5.76 Å². The summed E-state index contributed by atoms with van der Waals surface area (Å²) in [5.41, 5.74) is 8.36. The molecule has 0 aliphatic rings. The molecule has 7 heteroatoms. The number of aromatic nitrogens is 2. The van der Waals surface area contributed by atoms with Gasteiger partial charge in [0, 0.05) is 17.3 Å².